The topological polar surface area (TPSA) is 101 Å². The average molecular weight is 351 g/mol. The van der Waals surface area contributed by atoms with E-state index in [2.05, 4.69) is 10.3 Å². The number of likely N-dealkylation sites (tertiary alicyclic amines) is 1. The van der Waals surface area contributed by atoms with Gasteiger partial charge in [0.25, 0.3) is 0 Å². The molecule has 1 fully saturated rings. The van der Waals surface area contributed by atoms with E-state index >= 15 is 0 Å². The lowest BCUT2D eigenvalue weighted by Gasteiger charge is -2.49. The van der Waals surface area contributed by atoms with Crippen molar-refractivity contribution in [3.8, 4) is 5.88 Å². The lowest BCUT2D eigenvalue weighted by Crippen LogP contribution is -2.71. The normalized spacial score (nSPS) is 16.1. The summed E-state index contributed by atoms with van der Waals surface area (Å²) in [5, 5.41) is 12.5. The highest BCUT2D eigenvalue weighted by atomic mass is 16.6. The summed E-state index contributed by atoms with van der Waals surface area (Å²) >= 11 is 0. The Bertz CT molecular complexity index is 635. The van der Waals surface area contributed by atoms with Gasteiger partial charge in [0.05, 0.1) is 19.1 Å². The number of carbonyl (C=O) groups is 2. The third-order valence-electron chi connectivity index (χ3n) is 3.80. The molecule has 0 atom stereocenters. The van der Waals surface area contributed by atoms with Crippen molar-refractivity contribution in [3.05, 3.63) is 23.9 Å². The van der Waals surface area contributed by atoms with Crippen LogP contribution in [-0.2, 0) is 16.1 Å². The number of aliphatic carboxylic acids is 1. The third kappa shape index (κ3) is 5.32. The molecule has 8 nitrogen and oxygen atoms in total. The van der Waals surface area contributed by atoms with Crippen LogP contribution in [0.3, 0.4) is 0 Å². The van der Waals surface area contributed by atoms with Crippen molar-refractivity contribution < 1.29 is 24.2 Å². The average Bonchev–Trinajstić information content (AvgIpc) is 2.47. The van der Waals surface area contributed by atoms with Crippen molar-refractivity contribution in [1.82, 2.24) is 15.2 Å². The standard InChI is InChI=1S/C17H25N3O5/c1-16(2,3)25-15(23)20-10-17(11-20,8-14(21)22)19-9-12-5-6-18-13(7-12)24-4/h5-7,19H,8-11H2,1-4H3,(H,21,22). The molecule has 1 aromatic rings. The maximum Gasteiger partial charge on any atom is 0.410 e. The Kier molecular flexibility index (Phi) is 5.52. The van der Waals surface area contributed by atoms with Gasteiger partial charge in [0.2, 0.25) is 5.88 Å². The highest BCUT2D eigenvalue weighted by Crippen LogP contribution is 2.27. The number of hydrogen-bond donors (Lipinski definition) is 2. The fourth-order valence-corrected chi connectivity index (χ4v) is 2.68. The zero-order valence-electron chi connectivity index (χ0n) is 15.0. The highest BCUT2D eigenvalue weighted by Gasteiger charge is 2.47. The molecule has 25 heavy (non-hydrogen) atoms. The summed E-state index contributed by atoms with van der Waals surface area (Å²) in [6, 6.07) is 3.61. The Balaban J connectivity index is 1.98. The monoisotopic (exact) mass is 351 g/mol. The first-order valence-electron chi connectivity index (χ1n) is 8.06. The molecule has 8 heteroatoms. The number of nitrogens with one attached hydrogen (secondary N) is 1. The number of methoxy groups -OCH3 is 1. The SMILES string of the molecule is COc1cc(CNC2(CC(=O)O)CN(C(=O)OC(C)(C)C)C2)ccn1. The second-order valence-electron chi connectivity index (χ2n) is 7.25. The smallest absolute Gasteiger partial charge is 0.410 e. The Morgan fingerprint density at radius 2 is 2.08 bits per heavy atom. The maximum absolute atomic E-state index is 12.1. The molecule has 1 amide bonds. The summed E-state index contributed by atoms with van der Waals surface area (Å²) in [4.78, 5) is 28.8. The van der Waals surface area contributed by atoms with E-state index in [0.717, 1.165) is 5.56 Å². The van der Waals surface area contributed by atoms with E-state index < -0.39 is 23.2 Å². The Morgan fingerprint density at radius 1 is 1.40 bits per heavy atom. The summed E-state index contributed by atoms with van der Waals surface area (Å²) in [7, 11) is 1.54. The van der Waals surface area contributed by atoms with Crippen LogP contribution in [0.25, 0.3) is 0 Å². The molecule has 0 aliphatic carbocycles. The van der Waals surface area contributed by atoms with Gasteiger partial charge in [-0.15, -0.1) is 0 Å². The number of amides is 1. The van der Waals surface area contributed by atoms with Gasteiger partial charge in [0, 0.05) is 31.9 Å². The summed E-state index contributed by atoms with van der Waals surface area (Å²) in [6.45, 7) is 6.42. The molecule has 1 aromatic heterocycles. The van der Waals surface area contributed by atoms with Crippen molar-refractivity contribution in [3.63, 3.8) is 0 Å². The fourth-order valence-electron chi connectivity index (χ4n) is 2.68. The van der Waals surface area contributed by atoms with Crippen molar-refractivity contribution in [2.24, 2.45) is 0 Å². The first kappa shape index (κ1) is 19.0. The number of ether oxygens (including phenoxy) is 2. The van der Waals surface area contributed by atoms with Gasteiger partial charge in [-0.3, -0.25) is 4.79 Å². The van der Waals surface area contributed by atoms with Crippen molar-refractivity contribution >= 4 is 12.1 Å². The van der Waals surface area contributed by atoms with E-state index in [0.29, 0.717) is 12.4 Å². The number of pyridine rings is 1. The van der Waals surface area contributed by atoms with Crippen LogP contribution in [0.15, 0.2) is 18.3 Å². The molecule has 0 aromatic carbocycles. The Labute approximate surface area is 147 Å². The number of aromatic nitrogens is 1. The van der Waals surface area contributed by atoms with E-state index in [4.69, 9.17) is 9.47 Å². The molecule has 138 valence electrons. The lowest BCUT2D eigenvalue weighted by atomic mass is 9.86. The Hall–Kier alpha value is -2.35. The molecule has 0 bridgehead atoms. The predicted molar refractivity (Wildman–Crippen MR) is 90.4 cm³/mol. The second-order valence-corrected chi connectivity index (χ2v) is 7.25. The maximum atomic E-state index is 12.1. The molecule has 2 N–H and O–H groups in total. The number of carboxylic acid groups (broad SMARTS) is 1. The van der Waals surface area contributed by atoms with Crippen LogP contribution in [0.2, 0.25) is 0 Å². The van der Waals surface area contributed by atoms with Gasteiger partial charge in [-0.2, -0.15) is 0 Å². The minimum atomic E-state index is -0.913. The van der Waals surface area contributed by atoms with Crippen molar-refractivity contribution in [1.29, 1.82) is 0 Å². The zero-order valence-corrected chi connectivity index (χ0v) is 15.0. The van der Waals surface area contributed by atoms with E-state index in [9.17, 15) is 14.7 Å². The van der Waals surface area contributed by atoms with E-state index in [1.807, 2.05) is 6.07 Å². The predicted octanol–water partition coefficient (Wildman–Crippen LogP) is 1.64. The van der Waals surface area contributed by atoms with Crippen molar-refractivity contribution in [2.45, 2.75) is 44.9 Å². The molecule has 1 saturated heterocycles. The quantitative estimate of drug-likeness (QED) is 0.803. The Morgan fingerprint density at radius 3 is 2.64 bits per heavy atom. The summed E-state index contributed by atoms with van der Waals surface area (Å²) < 4.78 is 10.4. The molecular formula is C17H25N3O5. The van der Waals surface area contributed by atoms with Gasteiger partial charge in [0.1, 0.15) is 5.60 Å². The molecule has 1 aliphatic heterocycles. The van der Waals surface area contributed by atoms with E-state index in [1.54, 1.807) is 33.0 Å². The molecule has 0 spiro atoms. The van der Waals surface area contributed by atoms with Gasteiger partial charge in [-0.05, 0) is 32.4 Å². The van der Waals surface area contributed by atoms with E-state index in [1.165, 1.54) is 12.0 Å². The third-order valence-corrected chi connectivity index (χ3v) is 3.80. The number of rotatable bonds is 6. The van der Waals surface area contributed by atoms with Crippen LogP contribution in [-0.4, -0.2) is 58.4 Å². The molecule has 1 aliphatic rings. The molecule has 2 rings (SSSR count). The number of carbonyl (C=O) groups excluding carboxylic acids is 1. The fraction of sp³-hybridized carbons (Fsp3) is 0.588. The molecular weight excluding hydrogens is 326 g/mol. The summed E-state index contributed by atoms with van der Waals surface area (Å²) in [6.07, 6.45) is 1.13. The summed E-state index contributed by atoms with van der Waals surface area (Å²) in [5.41, 5.74) is -0.324. The largest absolute Gasteiger partial charge is 0.481 e. The molecule has 0 radical (unpaired) electrons. The second kappa shape index (κ2) is 7.26. The summed E-state index contributed by atoms with van der Waals surface area (Å²) in [5.74, 6) is -0.417. The van der Waals surface area contributed by atoms with Gasteiger partial charge >= 0.3 is 12.1 Å². The van der Waals surface area contributed by atoms with Crippen LogP contribution in [0.1, 0.15) is 32.8 Å². The number of nitrogens with zero attached hydrogens (tertiary/aromatic N) is 2. The van der Waals surface area contributed by atoms with Gasteiger partial charge in [0.15, 0.2) is 0 Å². The lowest BCUT2D eigenvalue weighted by molar-refractivity contribution is -0.141. The van der Waals surface area contributed by atoms with Crippen molar-refractivity contribution in [2.75, 3.05) is 20.2 Å². The van der Waals surface area contributed by atoms with Gasteiger partial charge in [-0.25, -0.2) is 9.78 Å². The minimum Gasteiger partial charge on any atom is -0.481 e. The zero-order chi connectivity index (χ0) is 18.7. The molecule has 0 unspecified atom stereocenters. The first-order valence-corrected chi connectivity index (χ1v) is 8.06. The minimum absolute atomic E-state index is 0.0749. The van der Waals surface area contributed by atoms with Gasteiger partial charge < -0.3 is 24.8 Å². The number of carboxylic acids is 1. The molecule has 0 saturated carbocycles. The molecule has 2 heterocycles. The van der Waals surface area contributed by atoms with Crippen LogP contribution < -0.4 is 10.1 Å². The van der Waals surface area contributed by atoms with E-state index in [-0.39, 0.29) is 19.5 Å². The van der Waals surface area contributed by atoms with Crippen LogP contribution in [0.4, 0.5) is 4.79 Å². The highest BCUT2D eigenvalue weighted by molar-refractivity contribution is 5.73. The number of hydrogen-bond acceptors (Lipinski definition) is 6. The van der Waals surface area contributed by atoms with Crippen LogP contribution >= 0.6 is 0 Å². The van der Waals surface area contributed by atoms with Crippen LogP contribution in [0.5, 0.6) is 5.88 Å². The first-order chi connectivity index (χ1) is 11.6. The van der Waals surface area contributed by atoms with Crippen LogP contribution in [0, 0.1) is 0 Å². The van der Waals surface area contributed by atoms with Gasteiger partial charge in [-0.1, -0.05) is 0 Å².